The summed E-state index contributed by atoms with van der Waals surface area (Å²) in [4.78, 5) is 39.9. The summed E-state index contributed by atoms with van der Waals surface area (Å²) >= 11 is 0. The van der Waals surface area contributed by atoms with E-state index in [1.54, 1.807) is 11.6 Å². The van der Waals surface area contributed by atoms with Crippen LogP contribution in [0.15, 0.2) is 11.8 Å². The lowest BCUT2D eigenvalue weighted by Gasteiger charge is -2.36. The standard InChI is InChI=1S/C17H21N3O5/c1-10-13(17(23)25-4)14-11(21)9-12(24-3)16(22)15(14)20(10)19-7-5-18(2)6-8-19/h9H,5-8H2,1-4H3. The van der Waals surface area contributed by atoms with E-state index in [-0.39, 0.29) is 22.6 Å². The Morgan fingerprint density at radius 1 is 1.12 bits per heavy atom. The third-order valence-electron chi connectivity index (χ3n) is 4.70. The van der Waals surface area contributed by atoms with Crippen molar-refractivity contribution in [2.24, 2.45) is 0 Å². The van der Waals surface area contributed by atoms with Gasteiger partial charge in [-0.1, -0.05) is 0 Å². The van der Waals surface area contributed by atoms with Crippen LogP contribution in [0.4, 0.5) is 0 Å². The van der Waals surface area contributed by atoms with Gasteiger partial charge in [0.05, 0.1) is 31.0 Å². The minimum absolute atomic E-state index is 0.0261. The first kappa shape index (κ1) is 17.2. The number of Topliss-reactive ketones (excluding diaryl/α,β-unsaturated/α-hetero) is 1. The highest BCUT2D eigenvalue weighted by Crippen LogP contribution is 2.31. The Bertz CT molecular complexity index is 785. The topological polar surface area (TPSA) is 81.1 Å². The summed E-state index contributed by atoms with van der Waals surface area (Å²) in [5.74, 6) is -1.49. The minimum Gasteiger partial charge on any atom is -0.492 e. The Morgan fingerprint density at radius 3 is 2.32 bits per heavy atom. The monoisotopic (exact) mass is 347 g/mol. The van der Waals surface area contributed by atoms with Crippen LogP contribution >= 0.6 is 0 Å². The molecule has 1 aliphatic carbocycles. The van der Waals surface area contributed by atoms with E-state index in [1.807, 2.05) is 12.1 Å². The molecule has 1 aromatic rings. The zero-order chi connectivity index (χ0) is 18.3. The van der Waals surface area contributed by atoms with Crippen LogP contribution in [0.5, 0.6) is 0 Å². The molecule has 1 aromatic heterocycles. The van der Waals surface area contributed by atoms with E-state index < -0.39 is 17.5 Å². The van der Waals surface area contributed by atoms with Gasteiger partial charge in [0.2, 0.25) is 5.78 Å². The molecule has 2 heterocycles. The van der Waals surface area contributed by atoms with E-state index in [9.17, 15) is 14.4 Å². The van der Waals surface area contributed by atoms with Gasteiger partial charge in [0.1, 0.15) is 5.69 Å². The first-order chi connectivity index (χ1) is 11.9. The minimum atomic E-state index is -0.628. The van der Waals surface area contributed by atoms with Crippen molar-refractivity contribution in [3.8, 4) is 0 Å². The Labute approximate surface area is 145 Å². The maximum absolute atomic E-state index is 12.8. The fourth-order valence-corrected chi connectivity index (χ4v) is 3.35. The number of likely N-dealkylation sites (N-methyl/N-ethyl adjacent to an activating group) is 1. The first-order valence-corrected chi connectivity index (χ1v) is 8.02. The van der Waals surface area contributed by atoms with Gasteiger partial charge in [-0.3, -0.25) is 14.3 Å². The quantitative estimate of drug-likeness (QED) is 0.731. The Hall–Kier alpha value is -2.61. The molecule has 3 rings (SSSR count). The predicted octanol–water partition coefficient (Wildman–Crippen LogP) is 0.376. The molecule has 0 N–H and O–H groups in total. The molecule has 0 aromatic carbocycles. The van der Waals surface area contributed by atoms with Gasteiger partial charge < -0.3 is 19.4 Å². The highest BCUT2D eigenvalue weighted by atomic mass is 16.5. The number of esters is 1. The fourth-order valence-electron chi connectivity index (χ4n) is 3.35. The number of allylic oxidation sites excluding steroid dienone is 2. The number of carbonyl (C=O) groups is 3. The lowest BCUT2D eigenvalue weighted by atomic mass is 9.96. The van der Waals surface area contributed by atoms with Gasteiger partial charge in [0.25, 0.3) is 0 Å². The van der Waals surface area contributed by atoms with Crippen molar-refractivity contribution in [1.29, 1.82) is 0 Å². The lowest BCUT2D eigenvalue weighted by molar-refractivity contribution is 0.0596. The number of ether oxygens (including phenoxy) is 2. The lowest BCUT2D eigenvalue weighted by Crippen LogP contribution is -2.51. The van der Waals surface area contributed by atoms with Crippen LogP contribution in [0.3, 0.4) is 0 Å². The second-order valence-corrected chi connectivity index (χ2v) is 6.15. The molecule has 0 spiro atoms. The molecule has 8 nitrogen and oxygen atoms in total. The number of carbonyl (C=O) groups excluding carboxylic acids is 3. The summed E-state index contributed by atoms with van der Waals surface area (Å²) < 4.78 is 11.6. The van der Waals surface area contributed by atoms with Gasteiger partial charge >= 0.3 is 5.97 Å². The van der Waals surface area contributed by atoms with Crippen molar-refractivity contribution in [2.75, 3.05) is 52.5 Å². The molecule has 2 aliphatic rings. The molecule has 8 heteroatoms. The summed E-state index contributed by atoms with van der Waals surface area (Å²) in [7, 11) is 4.63. The van der Waals surface area contributed by atoms with Gasteiger partial charge in [-0.25, -0.2) is 4.79 Å². The van der Waals surface area contributed by atoms with Gasteiger partial charge in [-0.2, -0.15) is 0 Å². The van der Waals surface area contributed by atoms with E-state index >= 15 is 0 Å². The number of aromatic nitrogens is 1. The first-order valence-electron chi connectivity index (χ1n) is 8.02. The van der Waals surface area contributed by atoms with Crippen LogP contribution in [0.2, 0.25) is 0 Å². The molecule has 1 fully saturated rings. The molecule has 25 heavy (non-hydrogen) atoms. The van der Waals surface area contributed by atoms with E-state index in [0.29, 0.717) is 18.8 Å². The Kier molecular flexibility index (Phi) is 4.38. The van der Waals surface area contributed by atoms with Gasteiger partial charge in [0, 0.05) is 32.3 Å². The fraction of sp³-hybridized carbons (Fsp3) is 0.471. The predicted molar refractivity (Wildman–Crippen MR) is 89.7 cm³/mol. The molecular formula is C17H21N3O5. The van der Waals surface area contributed by atoms with Crippen LogP contribution < -0.4 is 5.01 Å². The molecule has 1 saturated heterocycles. The SMILES string of the molecule is COC(=O)c1c2c(n(N3CCN(C)CC3)c1C)C(=O)C(OC)=CC2=O. The van der Waals surface area contributed by atoms with E-state index in [2.05, 4.69) is 4.90 Å². The number of methoxy groups -OCH3 is 2. The van der Waals surface area contributed by atoms with E-state index in [0.717, 1.165) is 19.2 Å². The van der Waals surface area contributed by atoms with Crippen molar-refractivity contribution >= 4 is 17.5 Å². The van der Waals surface area contributed by atoms with Gasteiger partial charge in [-0.15, -0.1) is 0 Å². The average Bonchev–Trinajstić information content (AvgIpc) is 2.92. The third-order valence-corrected chi connectivity index (χ3v) is 4.70. The van der Waals surface area contributed by atoms with Crippen molar-refractivity contribution in [1.82, 2.24) is 9.58 Å². The van der Waals surface area contributed by atoms with Crippen molar-refractivity contribution in [3.63, 3.8) is 0 Å². The number of nitrogens with zero attached hydrogens (tertiary/aromatic N) is 3. The summed E-state index contributed by atoms with van der Waals surface area (Å²) in [6.07, 6.45) is 1.13. The van der Waals surface area contributed by atoms with Crippen molar-refractivity contribution in [3.05, 3.63) is 34.3 Å². The molecule has 0 amide bonds. The molecule has 134 valence electrons. The largest absolute Gasteiger partial charge is 0.492 e. The highest BCUT2D eigenvalue weighted by Gasteiger charge is 2.39. The number of piperazine rings is 1. The number of hydrogen-bond donors (Lipinski definition) is 0. The third kappa shape index (κ3) is 2.62. The molecule has 0 unspecified atom stereocenters. The normalized spacial score (nSPS) is 18.1. The number of fused-ring (bicyclic) bond motifs is 1. The number of hydrogen-bond acceptors (Lipinski definition) is 7. The van der Waals surface area contributed by atoms with Crippen LogP contribution in [0, 0.1) is 6.92 Å². The summed E-state index contributed by atoms with van der Waals surface area (Å²) in [5, 5.41) is 1.98. The van der Waals surface area contributed by atoms with Crippen LogP contribution in [-0.2, 0) is 9.47 Å². The highest BCUT2D eigenvalue weighted by molar-refractivity contribution is 6.26. The maximum atomic E-state index is 12.8. The smallest absolute Gasteiger partial charge is 0.340 e. The zero-order valence-corrected chi connectivity index (χ0v) is 14.8. The van der Waals surface area contributed by atoms with E-state index in [4.69, 9.17) is 9.47 Å². The van der Waals surface area contributed by atoms with Crippen LogP contribution in [0.25, 0.3) is 0 Å². The summed E-state index contributed by atoms with van der Waals surface area (Å²) in [5.41, 5.74) is 0.927. The molecule has 0 bridgehead atoms. The maximum Gasteiger partial charge on any atom is 0.340 e. The number of rotatable bonds is 3. The second-order valence-electron chi connectivity index (χ2n) is 6.15. The van der Waals surface area contributed by atoms with E-state index in [1.165, 1.54) is 14.2 Å². The van der Waals surface area contributed by atoms with Crippen molar-refractivity contribution in [2.45, 2.75) is 6.92 Å². The zero-order valence-electron chi connectivity index (χ0n) is 14.8. The Balaban J connectivity index is 2.21. The van der Waals surface area contributed by atoms with Crippen LogP contribution in [-0.4, -0.2) is 74.6 Å². The average molecular weight is 347 g/mol. The summed E-state index contributed by atoms with van der Waals surface area (Å²) in [6.45, 7) is 4.69. The van der Waals surface area contributed by atoms with Crippen molar-refractivity contribution < 1.29 is 23.9 Å². The molecule has 0 radical (unpaired) electrons. The molecule has 0 saturated carbocycles. The molecule has 1 aliphatic heterocycles. The number of ketones is 2. The molecule has 0 atom stereocenters. The van der Waals surface area contributed by atoms with Gasteiger partial charge in [0.15, 0.2) is 11.5 Å². The Morgan fingerprint density at radius 2 is 1.76 bits per heavy atom. The second kappa shape index (κ2) is 6.36. The molecular weight excluding hydrogens is 326 g/mol. The summed E-state index contributed by atoms with van der Waals surface area (Å²) in [6, 6.07) is 0. The van der Waals surface area contributed by atoms with Crippen LogP contribution in [0.1, 0.15) is 36.9 Å². The van der Waals surface area contributed by atoms with Gasteiger partial charge in [-0.05, 0) is 14.0 Å².